The Hall–Kier alpha value is -4.19. The topological polar surface area (TPSA) is 121 Å². The van der Waals surface area contributed by atoms with Crippen molar-refractivity contribution in [1.29, 1.82) is 0 Å². The lowest BCUT2D eigenvalue weighted by Gasteiger charge is -2.26. The molecule has 6 rings (SSSR count). The van der Waals surface area contributed by atoms with E-state index in [2.05, 4.69) is 35.7 Å². The fraction of sp³-hybridized carbons (Fsp3) is 0.227. The molecule has 0 aliphatic heterocycles. The number of halogens is 2. The van der Waals surface area contributed by atoms with E-state index >= 15 is 0 Å². The highest BCUT2D eigenvalue weighted by Gasteiger charge is 2.48. The third-order valence-corrected chi connectivity index (χ3v) is 6.67. The van der Waals surface area contributed by atoms with Gasteiger partial charge < -0.3 is 5.32 Å². The summed E-state index contributed by atoms with van der Waals surface area (Å²) in [5.41, 5.74) is 2.36. The number of nitrogens with zero attached hydrogens (tertiary/aromatic N) is 9. The molecule has 0 fully saturated rings. The minimum atomic E-state index is -0.673. The lowest BCUT2D eigenvalue weighted by atomic mass is 9.82. The largest absolute Gasteiger partial charge is 0.324 e. The van der Waals surface area contributed by atoms with Crippen LogP contribution in [0.1, 0.15) is 36.2 Å². The zero-order valence-corrected chi connectivity index (χ0v) is 19.3. The van der Waals surface area contributed by atoms with Crippen molar-refractivity contribution in [3.63, 3.8) is 0 Å². The van der Waals surface area contributed by atoms with E-state index in [1.807, 2.05) is 20.0 Å². The van der Waals surface area contributed by atoms with Crippen LogP contribution in [0.3, 0.4) is 0 Å². The number of hydrogen-bond acceptors (Lipinski definition) is 7. The number of nitrogens with one attached hydrogen (secondary N) is 1. The van der Waals surface area contributed by atoms with Crippen molar-refractivity contribution < 1.29 is 9.18 Å². The maximum Gasteiger partial charge on any atom is 0.235 e. The Kier molecular flexibility index (Phi) is 4.68. The summed E-state index contributed by atoms with van der Waals surface area (Å²) >= 11 is 6.36. The molecule has 5 aromatic heterocycles. The standard InChI is InChI=1S/C22H18ClFN10O/c1-22(16-3-4-27-32(16)2)9-13(14-11-25-18-8-17(24)31-33(18)19(14)22)21(35)30-12-7-15(23)20(26-10-12)34-28-5-6-29-34/h3-8,10-11,13H,9H2,1-2H3,(H,30,35)/t13-,22+/m0/s1. The first-order valence-electron chi connectivity index (χ1n) is 10.7. The smallest absolute Gasteiger partial charge is 0.235 e. The number of aryl methyl sites for hydroxylation is 1. The zero-order valence-electron chi connectivity index (χ0n) is 18.6. The molecule has 11 nitrogen and oxygen atoms in total. The number of hydrogen-bond donors (Lipinski definition) is 1. The summed E-state index contributed by atoms with van der Waals surface area (Å²) in [6.07, 6.45) is 8.24. The third kappa shape index (κ3) is 3.28. The first-order chi connectivity index (χ1) is 16.8. The molecule has 1 amide bonds. The van der Waals surface area contributed by atoms with Gasteiger partial charge in [-0.25, -0.2) is 14.5 Å². The summed E-state index contributed by atoms with van der Waals surface area (Å²) in [5.74, 6) is -1.15. The number of anilines is 1. The molecule has 35 heavy (non-hydrogen) atoms. The van der Waals surface area contributed by atoms with Crippen LogP contribution in [0.5, 0.6) is 0 Å². The van der Waals surface area contributed by atoms with Crippen molar-refractivity contribution in [3.05, 3.63) is 77.1 Å². The van der Waals surface area contributed by atoms with Gasteiger partial charge in [-0.1, -0.05) is 11.6 Å². The molecule has 0 unspecified atom stereocenters. The van der Waals surface area contributed by atoms with E-state index < -0.39 is 17.3 Å². The molecular weight excluding hydrogens is 475 g/mol. The Balaban J connectivity index is 1.39. The predicted octanol–water partition coefficient (Wildman–Crippen LogP) is 2.66. The molecular formula is C22H18ClFN10O. The maximum atomic E-state index is 14.1. The normalized spacial score (nSPS) is 19.3. The molecule has 0 spiro atoms. The molecule has 0 radical (unpaired) electrons. The van der Waals surface area contributed by atoms with Crippen LogP contribution in [0.15, 0.2) is 49.2 Å². The quantitative estimate of drug-likeness (QED) is 0.409. The number of aromatic nitrogens is 9. The monoisotopic (exact) mass is 492 g/mol. The lowest BCUT2D eigenvalue weighted by molar-refractivity contribution is -0.117. The van der Waals surface area contributed by atoms with Gasteiger partial charge >= 0.3 is 0 Å². The summed E-state index contributed by atoms with van der Waals surface area (Å²) in [7, 11) is 1.83. The summed E-state index contributed by atoms with van der Waals surface area (Å²) < 4.78 is 17.3. The number of carbonyl (C=O) groups is 1. The highest BCUT2D eigenvalue weighted by Crippen LogP contribution is 2.49. The summed E-state index contributed by atoms with van der Waals surface area (Å²) in [6, 6.07) is 4.74. The Morgan fingerprint density at radius 3 is 2.69 bits per heavy atom. The molecule has 1 aliphatic carbocycles. The van der Waals surface area contributed by atoms with Crippen LogP contribution < -0.4 is 5.32 Å². The molecule has 0 bridgehead atoms. The molecule has 13 heteroatoms. The van der Waals surface area contributed by atoms with E-state index in [-0.39, 0.29) is 10.9 Å². The second-order valence-corrected chi connectivity index (χ2v) is 8.97. The number of carbonyl (C=O) groups excluding carboxylic acids is 1. The first kappa shape index (κ1) is 21.4. The first-order valence-corrected chi connectivity index (χ1v) is 11.1. The van der Waals surface area contributed by atoms with Gasteiger partial charge in [-0.2, -0.15) is 19.7 Å². The molecule has 0 saturated carbocycles. The Morgan fingerprint density at radius 1 is 1.17 bits per heavy atom. The average Bonchev–Trinajstić information content (AvgIpc) is 3.60. The minimum Gasteiger partial charge on any atom is -0.324 e. The van der Waals surface area contributed by atoms with Crippen molar-refractivity contribution in [2.24, 2.45) is 7.05 Å². The van der Waals surface area contributed by atoms with Crippen LogP contribution >= 0.6 is 11.6 Å². The van der Waals surface area contributed by atoms with Crippen LogP contribution in [0.4, 0.5) is 10.1 Å². The highest BCUT2D eigenvalue weighted by atomic mass is 35.5. The van der Waals surface area contributed by atoms with E-state index in [9.17, 15) is 9.18 Å². The van der Waals surface area contributed by atoms with Crippen LogP contribution in [-0.2, 0) is 17.3 Å². The molecule has 1 N–H and O–H groups in total. The van der Waals surface area contributed by atoms with Crippen LogP contribution in [0.25, 0.3) is 11.5 Å². The van der Waals surface area contributed by atoms with Crippen molar-refractivity contribution >= 4 is 28.8 Å². The van der Waals surface area contributed by atoms with E-state index in [1.54, 1.807) is 23.1 Å². The lowest BCUT2D eigenvalue weighted by Crippen LogP contribution is -2.28. The second-order valence-electron chi connectivity index (χ2n) is 8.57. The zero-order chi connectivity index (χ0) is 24.3. The molecule has 0 aromatic carbocycles. The predicted molar refractivity (Wildman–Crippen MR) is 123 cm³/mol. The Morgan fingerprint density at radius 2 is 1.97 bits per heavy atom. The number of pyridine rings is 1. The summed E-state index contributed by atoms with van der Waals surface area (Å²) in [5, 5.41) is 19.6. The number of fused-ring (bicyclic) bond motifs is 3. The van der Waals surface area contributed by atoms with Crippen molar-refractivity contribution in [2.75, 3.05) is 5.32 Å². The van der Waals surface area contributed by atoms with E-state index in [0.29, 0.717) is 34.8 Å². The van der Waals surface area contributed by atoms with Crippen molar-refractivity contribution in [1.82, 2.24) is 44.4 Å². The average molecular weight is 493 g/mol. The van der Waals surface area contributed by atoms with Crippen molar-refractivity contribution in [3.8, 4) is 5.82 Å². The number of rotatable bonds is 4. The van der Waals surface area contributed by atoms with Gasteiger partial charge in [0.05, 0.1) is 46.3 Å². The molecule has 5 aromatic rings. The van der Waals surface area contributed by atoms with Crippen LogP contribution in [0.2, 0.25) is 5.02 Å². The third-order valence-electron chi connectivity index (χ3n) is 6.39. The molecule has 176 valence electrons. The van der Waals surface area contributed by atoms with Gasteiger partial charge in [-0.3, -0.25) is 9.48 Å². The highest BCUT2D eigenvalue weighted by molar-refractivity contribution is 6.32. The van der Waals surface area contributed by atoms with E-state index in [1.165, 1.54) is 34.0 Å². The summed E-state index contributed by atoms with van der Waals surface area (Å²) in [4.78, 5) is 23.4. The fourth-order valence-corrected chi connectivity index (χ4v) is 5.16. The number of amides is 1. The minimum absolute atomic E-state index is 0.270. The molecule has 2 atom stereocenters. The molecule has 1 aliphatic rings. The van der Waals surface area contributed by atoms with Gasteiger partial charge in [-0.15, -0.1) is 9.90 Å². The van der Waals surface area contributed by atoms with Crippen LogP contribution in [-0.4, -0.2) is 50.3 Å². The summed E-state index contributed by atoms with van der Waals surface area (Å²) in [6.45, 7) is 2.00. The Bertz CT molecular complexity index is 1590. The van der Waals surface area contributed by atoms with Crippen LogP contribution in [0, 0.1) is 5.95 Å². The van der Waals surface area contributed by atoms with Gasteiger partial charge in [0.2, 0.25) is 11.9 Å². The fourth-order valence-electron chi connectivity index (χ4n) is 4.92. The van der Waals surface area contributed by atoms with Gasteiger partial charge in [0.25, 0.3) is 0 Å². The van der Waals surface area contributed by atoms with Gasteiger partial charge in [0.1, 0.15) is 0 Å². The van der Waals surface area contributed by atoms with Gasteiger partial charge in [-0.05, 0) is 25.5 Å². The van der Waals surface area contributed by atoms with E-state index in [4.69, 9.17) is 11.6 Å². The SMILES string of the molecule is Cn1nccc1[C@@]1(C)C[C@H](C(=O)Nc2cnc(-n3nccn3)c(Cl)c2)c2cnc3cc(F)nn3c21. The van der Waals surface area contributed by atoms with E-state index in [0.717, 1.165) is 5.69 Å². The maximum absolute atomic E-state index is 14.1. The molecule has 5 heterocycles. The van der Waals surface area contributed by atoms with Crippen molar-refractivity contribution in [2.45, 2.75) is 24.7 Å². The Labute approximate surface area is 202 Å². The van der Waals surface area contributed by atoms with Gasteiger partial charge in [0, 0.05) is 36.8 Å². The van der Waals surface area contributed by atoms with Gasteiger partial charge in [0.15, 0.2) is 11.5 Å². The molecule has 0 saturated heterocycles. The second kappa shape index (κ2) is 7.67.